The number of hydrogen-bond donors (Lipinski definition) is 2. The molecule has 0 amide bonds. The van der Waals surface area contributed by atoms with E-state index >= 15 is 0 Å². The lowest BCUT2D eigenvalue weighted by molar-refractivity contribution is 0.210. The number of nitrogen functional groups attached to an aromatic ring is 1. The Kier molecular flexibility index (Phi) is 6.00. The first-order valence-electron chi connectivity index (χ1n) is 15.3. The van der Waals surface area contributed by atoms with E-state index < -0.39 is 0 Å². The van der Waals surface area contributed by atoms with E-state index in [0.29, 0.717) is 23.2 Å². The second kappa shape index (κ2) is 9.92. The summed E-state index contributed by atoms with van der Waals surface area (Å²) in [5.41, 5.74) is 15.0. The zero-order valence-electron chi connectivity index (χ0n) is 23.8. The van der Waals surface area contributed by atoms with Crippen LogP contribution in [0.15, 0.2) is 48.5 Å². The number of nitrogens with one attached hydrogen (secondary N) is 1. The SMILES string of the molecule is N#C[C@H]1CC12CCN([C@@H]1CCc3ccc(Nc4nc(N)n(-c5cc6c(nn5)-c5ccccc5CCC6)n4)cc3CC1)C2. The highest BCUT2D eigenvalue weighted by atomic mass is 15.4. The summed E-state index contributed by atoms with van der Waals surface area (Å²) < 4.78 is 1.57. The molecule has 1 spiro atoms. The van der Waals surface area contributed by atoms with Crippen molar-refractivity contribution in [1.82, 2.24) is 29.9 Å². The molecule has 2 fully saturated rings. The Bertz CT molecular complexity index is 1720. The van der Waals surface area contributed by atoms with Crippen molar-refractivity contribution in [3.63, 3.8) is 0 Å². The van der Waals surface area contributed by atoms with E-state index in [4.69, 9.17) is 5.73 Å². The van der Waals surface area contributed by atoms with E-state index in [1.54, 1.807) is 4.68 Å². The van der Waals surface area contributed by atoms with E-state index in [0.717, 1.165) is 80.5 Å². The minimum atomic E-state index is 0.274. The van der Waals surface area contributed by atoms with Crippen molar-refractivity contribution in [3.05, 3.63) is 70.8 Å². The number of likely N-dealkylation sites (tertiary alicyclic amines) is 1. The van der Waals surface area contributed by atoms with Crippen LogP contribution in [0.3, 0.4) is 0 Å². The van der Waals surface area contributed by atoms with Crippen LogP contribution in [0.25, 0.3) is 17.1 Å². The summed E-state index contributed by atoms with van der Waals surface area (Å²) in [7, 11) is 0. The Balaban J connectivity index is 0.975. The number of nitrogens with zero attached hydrogens (tertiary/aromatic N) is 7. The molecule has 212 valence electrons. The predicted octanol–water partition coefficient (Wildman–Crippen LogP) is 5.02. The molecule has 9 heteroatoms. The van der Waals surface area contributed by atoms with Crippen molar-refractivity contribution in [2.45, 2.75) is 63.8 Å². The standard InChI is InChI=1S/C33H35N9/c34-19-25-18-33(25)14-15-41(20-33)27-12-9-21-8-11-26(16-23(21)10-13-27)36-32-37-31(35)42(40-32)29-17-24-6-3-5-22-4-1-2-7-28(22)30(24)39-38-29/h1-2,4,7-8,11,16-17,25,27H,3,5-6,9-10,12-15,18,20H2,(H3,35,36,37,40)/t25-,27-,33?/m1/s1. The molecule has 3 heterocycles. The number of aryl methyl sites for hydroxylation is 4. The summed E-state index contributed by atoms with van der Waals surface area (Å²) in [6.07, 6.45) is 9.81. The maximum Gasteiger partial charge on any atom is 0.248 e. The molecule has 2 aromatic heterocycles. The van der Waals surface area contributed by atoms with Crippen LogP contribution < -0.4 is 11.1 Å². The van der Waals surface area contributed by atoms with Gasteiger partial charge < -0.3 is 11.1 Å². The van der Waals surface area contributed by atoms with E-state index in [2.05, 4.69) is 79.0 Å². The fourth-order valence-electron chi connectivity index (χ4n) is 7.61. The first-order chi connectivity index (χ1) is 20.6. The highest BCUT2D eigenvalue weighted by molar-refractivity contribution is 5.68. The first-order valence-corrected chi connectivity index (χ1v) is 15.3. The largest absolute Gasteiger partial charge is 0.368 e. The second-order valence-electron chi connectivity index (χ2n) is 12.6. The predicted molar refractivity (Wildman–Crippen MR) is 161 cm³/mol. The lowest BCUT2D eigenvalue weighted by Gasteiger charge is -2.26. The van der Waals surface area contributed by atoms with Crippen LogP contribution in [-0.2, 0) is 25.7 Å². The van der Waals surface area contributed by atoms with Gasteiger partial charge in [0.05, 0.1) is 17.7 Å². The Morgan fingerprint density at radius 2 is 1.81 bits per heavy atom. The smallest absolute Gasteiger partial charge is 0.248 e. The molecule has 4 aromatic rings. The molecular formula is C33H35N9. The van der Waals surface area contributed by atoms with Crippen molar-refractivity contribution in [1.29, 1.82) is 5.26 Å². The zero-order valence-corrected chi connectivity index (χ0v) is 23.8. The highest BCUT2D eigenvalue weighted by Gasteiger charge is 2.58. The van der Waals surface area contributed by atoms with Gasteiger partial charge in [-0.25, -0.2) is 0 Å². The van der Waals surface area contributed by atoms with Gasteiger partial charge in [-0.2, -0.15) is 14.9 Å². The Hall–Kier alpha value is -4.29. The van der Waals surface area contributed by atoms with Crippen LogP contribution in [0.1, 0.15) is 54.4 Å². The Morgan fingerprint density at radius 3 is 2.69 bits per heavy atom. The number of rotatable bonds is 4. The monoisotopic (exact) mass is 557 g/mol. The zero-order chi connectivity index (χ0) is 28.3. The fraction of sp³-hybridized carbons (Fsp3) is 0.424. The normalized spacial score (nSPS) is 24.6. The molecule has 3 aliphatic carbocycles. The molecule has 0 radical (unpaired) electrons. The van der Waals surface area contributed by atoms with E-state index in [1.807, 2.05) is 6.07 Å². The van der Waals surface area contributed by atoms with Crippen molar-refractivity contribution in [2.24, 2.45) is 11.3 Å². The van der Waals surface area contributed by atoms with Gasteiger partial charge in [-0.3, -0.25) is 4.90 Å². The van der Waals surface area contributed by atoms with E-state index in [9.17, 15) is 5.26 Å². The van der Waals surface area contributed by atoms with Crippen LogP contribution in [0, 0.1) is 22.7 Å². The average Bonchev–Trinajstić information content (AvgIpc) is 3.51. The summed E-state index contributed by atoms with van der Waals surface area (Å²) in [5.74, 6) is 1.58. The summed E-state index contributed by atoms with van der Waals surface area (Å²) in [4.78, 5) is 7.17. The third-order valence-electron chi connectivity index (χ3n) is 10.1. The van der Waals surface area contributed by atoms with E-state index in [-0.39, 0.29) is 11.9 Å². The minimum absolute atomic E-state index is 0.274. The van der Waals surface area contributed by atoms with Gasteiger partial charge in [0.1, 0.15) is 0 Å². The molecule has 1 aliphatic heterocycles. The molecule has 8 rings (SSSR count). The van der Waals surface area contributed by atoms with Gasteiger partial charge in [-0.1, -0.05) is 30.3 Å². The number of benzene rings is 2. The highest BCUT2D eigenvalue weighted by Crippen LogP contribution is 2.58. The average molecular weight is 558 g/mol. The van der Waals surface area contributed by atoms with Crippen LogP contribution in [0.5, 0.6) is 0 Å². The van der Waals surface area contributed by atoms with Crippen molar-refractivity contribution in [2.75, 3.05) is 24.1 Å². The van der Waals surface area contributed by atoms with Crippen molar-refractivity contribution < 1.29 is 0 Å². The lowest BCUT2D eigenvalue weighted by Crippen LogP contribution is -2.34. The molecule has 0 bridgehead atoms. The molecule has 9 nitrogen and oxygen atoms in total. The maximum absolute atomic E-state index is 9.38. The van der Waals surface area contributed by atoms with Gasteiger partial charge in [0.25, 0.3) is 0 Å². The molecule has 42 heavy (non-hydrogen) atoms. The summed E-state index contributed by atoms with van der Waals surface area (Å²) >= 11 is 0. The Morgan fingerprint density at radius 1 is 0.952 bits per heavy atom. The van der Waals surface area contributed by atoms with Crippen LogP contribution >= 0.6 is 0 Å². The first kappa shape index (κ1) is 25.4. The van der Waals surface area contributed by atoms with Crippen LogP contribution in [0.4, 0.5) is 17.6 Å². The summed E-state index contributed by atoms with van der Waals surface area (Å²) in [6, 6.07) is 20.2. The third-order valence-corrected chi connectivity index (χ3v) is 10.1. The second-order valence-corrected chi connectivity index (χ2v) is 12.6. The Labute approximate surface area is 245 Å². The van der Waals surface area contributed by atoms with Gasteiger partial charge in [0.2, 0.25) is 11.9 Å². The molecule has 1 saturated heterocycles. The molecule has 4 aliphatic rings. The molecule has 1 saturated carbocycles. The number of aromatic nitrogens is 5. The number of nitriles is 1. The van der Waals surface area contributed by atoms with Crippen molar-refractivity contribution >= 4 is 17.6 Å². The quantitative estimate of drug-likeness (QED) is 0.336. The maximum atomic E-state index is 9.38. The third kappa shape index (κ3) is 4.42. The number of anilines is 3. The van der Waals surface area contributed by atoms with Gasteiger partial charge in [0.15, 0.2) is 5.82 Å². The number of fused-ring (bicyclic) bond motifs is 4. The molecule has 3 N–H and O–H groups in total. The number of hydrogen-bond acceptors (Lipinski definition) is 8. The topological polar surface area (TPSA) is 122 Å². The van der Waals surface area contributed by atoms with Gasteiger partial charge in [-0.05, 0) is 105 Å². The molecular weight excluding hydrogens is 522 g/mol. The van der Waals surface area contributed by atoms with Gasteiger partial charge in [-0.15, -0.1) is 15.3 Å². The molecule has 2 aromatic carbocycles. The number of nitrogens with two attached hydrogens (primary N) is 1. The minimum Gasteiger partial charge on any atom is -0.368 e. The molecule has 1 unspecified atom stereocenters. The van der Waals surface area contributed by atoms with E-state index in [1.165, 1.54) is 29.5 Å². The summed E-state index contributed by atoms with van der Waals surface area (Å²) in [6.45, 7) is 2.25. The van der Waals surface area contributed by atoms with Gasteiger partial charge in [0, 0.05) is 29.3 Å². The summed E-state index contributed by atoms with van der Waals surface area (Å²) in [5, 5.41) is 26.5. The lowest BCUT2D eigenvalue weighted by atomic mass is 10.0. The van der Waals surface area contributed by atoms with Gasteiger partial charge >= 0.3 is 0 Å². The molecule has 3 atom stereocenters. The van der Waals surface area contributed by atoms with Crippen LogP contribution in [-0.4, -0.2) is 49.0 Å². The van der Waals surface area contributed by atoms with Crippen LogP contribution in [0.2, 0.25) is 0 Å². The van der Waals surface area contributed by atoms with Crippen molar-refractivity contribution in [3.8, 4) is 23.1 Å². The fourth-order valence-corrected chi connectivity index (χ4v) is 7.61.